The van der Waals surface area contributed by atoms with Crippen LogP contribution in [0.2, 0.25) is 0 Å². The van der Waals surface area contributed by atoms with E-state index in [1.807, 2.05) is 12.3 Å². The number of nitrogens with zero attached hydrogens (tertiary/aromatic N) is 1. The van der Waals surface area contributed by atoms with E-state index in [0.29, 0.717) is 0 Å². The summed E-state index contributed by atoms with van der Waals surface area (Å²) in [5.41, 5.74) is 3.42. The van der Waals surface area contributed by atoms with Gasteiger partial charge in [0.2, 0.25) is 0 Å². The van der Waals surface area contributed by atoms with Gasteiger partial charge in [-0.15, -0.1) is 0 Å². The molecule has 0 aliphatic carbocycles. The van der Waals surface area contributed by atoms with Crippen LogP contribution in [0.3, 0.4) is 0 Å². The molecule has 2 heterocycles. The Morgan fingerprint density at radius 3 is 2.82 bits per heavy atom. The van der Waals surface area contributed by atoms with Crippen LogP contribution in [0.4, 0.5) is 0 Å². The van der Waals surface area contributed by atoms with Gasteiger partial charge in [0.05, 0.1) is 25.5 Å². The molecular weight excluding hydrogens is 276 g/mol. The van der Waals surface area contributed by atoms with Gasteiger partial charge in [0, 0.05) is 24.8 Å². The highest BCUT2D eigenvalue weighted by molar-refractivity contribution is 5.64. The second-order valence-corrected chi connectivity index (χ2v) is 5.44. The maximum Gasteiger partial charge on any atom is 0.138 e. The number of ether oxygens (including phenoxy) is 2. The van der Waals surface area contributed by atoms with Crippen molar-refractivity contribution in [3.63, 3.8) is 0 Å². The van der Waals surface area contributed by atoms with Gasteiger partial charge in [-0.2, -0.15) is 0 Å². The van der Waals surface area contributed by atoms with E-state index in [2.05, 4.69) is 41.5 Å². The van der Waals surface area contributed by atoms with E-state index in [1.165, 1.54) is 5.56 Å². The molecule has 3 rings (SSSR count). The zero-order chi connectivity index (χ0) is 15.2. The molecule has 1 N–H and O–H groups in total. The molecule has 1 atom stereocenters. The predicted octanol–water partition coefficient (Wildman–Crippen LogP) is 3.20. The summed E-state index contributed by atoms with van der Waals surface area (Å²) in [6.07, 6.45) is 4.77. The summed E-state index contributed by atoms with van der Waals surface area (Å²) < 4.78 is 11.4. The fraction of sp³-hybridized carbons (Fsp3) is 0.389. The zero-order valence-electron chi connectivity index (χ0n) is 12.9. The van der Waals surface area contributed by atoms with Gasteiger partial charge in [0.15, 0.2) is 0 Å². The SMILES string of the molecule is CCCOc1cncc(-c2ccc(C3CNCCO3)cc2)c1. The maximum atomic E-state index is 5.78. The molecule has 1 aliphatic heterocycles. The monoisotopic (exact) mass is 298 g/mol. The van der Waals surface area contributed by atoms with Crippen molar-refractivity contribution >= 4 is 0 Å². The molecule has 4 heteroatoms. The normalized spacial score (nSPS) is 18.1. The van der Waals surface area contributed by atoms with Crippen LogP contribution in [0.5, 0.6) is 5.75 Å². The molecule has 1 saturated heterocycles. The van der Waals surface area contributed by atoms with E-state index in [4.69, 9.17) is 9.47 Å². The minimum absolute atomic E-state index is 0.153. The highest BCUT2D eigenvalue weighted by Crippen LogP contribution is 2.26. The average Bonchev–Trinajstić information content (AvgIpc) is 2.61. The van der Waals surface area contributed by atoms with Gasteiger partial charge in [0.25, 0.3) is 0 Å². The molecule has 1 aromatic carbocycles. The summed E-state index contributed by atoms with van der Waals surface area (Å²) in [5, 5.41) is 3.36. The third kappa shape index (κ3) is 3.64. The van der Waals surface area contributed by atoms with Crippen LogP contribution in [-0.2, 0) is 4.74 Å². The molecule has 0 bridgehead atoms. The summed E-state index contributed by atoms with van der Waals surface area (Å²) >= 11 is 0. The summed E-state index contributed by atoms with van der Waals surface area (Å²) in [5.74, 6) is 0.822. The van der Waals surface area contributed by atoms with E-state index < -0.39 is 0 Å². The number of rotatable bonds is 5. The summed E-state index contributed by atoms with van der Waals surface area (Å²) in [6.45, 7) is 5.40. The quantitative estimate of drug-likeness (QED) is 0.920. The number of benzene rings is 1. The molecule has 0 amide bonds. The minimum atomic E-state index is 0.153. The second kappa shape index (κ2) is 7.38. The molecule has 0 spiro atoms. The van der Waals surface area contributed by atoms with E-state index in [-0.39, 0.29) is 6.10 Å². The van der Waals surface area contributed by atoms with Crippen LogP contribution < -0.4 is 10.1 Å². The molecule has 22 heavy (non-hydrogen) atoms. The topological polar surface area (TPSA) is 43.4 Å². The number of hydrogen-bond donors (Lipinski definition) is 1. The molecule has 1 aromatic heterocycles. The molecule has 1 unspecified atom stereocenters. The second-order valence-electron chi connectivity index (χ2n) is 5.44. The molecule has 116 valence electrons. The van der Waals surface area contributed by atoms with Gasteiger partial charge in [-0.25, -0.2) is 0 Å². The zero-order valence-corrected chi connectivity index (χ0v) is 12.9. The number of morpholine rings is 1. The van der Waals surface area contributed by atoms with Crippen molar-refractivity contribution in [1.82, 2.24) is 10.3 Å². The lowest BCUT2D eigenvalue weighted by atomic mass is 10.0. The molecule has 1 aliphatic rings. The standard InChI is InChI=1S/C18H22N2O2/c1-2-8-21-17-10-16(11-20-12-17)14-3-5-15(6-4-14)18-13-19-7-9-22-18/h3-6,10-12,18-19H,2,7-9,13H2,1H3. The Morgan fingerprint density at radius 2 is 2.09 bits per heavy atom. The molecule has 0 radical (unpaired) electrons. The van der Waals surface area contributed by atoms with Crippen LogP contribution in [0.15, 0.2) is 42.7 Å². The van der Waals surface area contributed by atoms with Crippen molar-refractivity contribution in [3.8, 4) is 16.9 Å². The Balaban J connectivity index is 1.74. The van der Waals surface area contributed by atoms with Crippen LogP contribution in [-0.4, -0.2) is 31.3 Å². The lowest BCUT2D eigenvalue weighted by molar-refractivity contribution is 0.0277. The van der Waals surface area contributed by atoms with Gasteiger partial charge >= 0.3 is 0 Å². The van der Waals surface area contributed by atoms with Crippen molar-refractivity contribution in [2.24, 2.45) is 0 Å². The minimum Gasteiger partial charge on any atom is -0.492 e. The molecule has 4 nitrogen and oxygen atoms in total. The smallest absolute Gasteiger partial charge is 0.138 e. The van der Waals surface area contributed by atoms with Gasteiger partial charge in [-0.3, -0.25) is 4.98 Å². The fourth-order valence-electron chi connectivity index (χ4n) is 2.55. The summed E-state index contributed by atoms with van der Waals surface area (Å²) in [6, 6.07) is 10.5. The van der Waals surface area contributed by atoms with E-state index >= 15 is 0 Å². The largest absolute Gasteiger partial charge is 0.492 e. The van der Waals surface area contributed by atoms with E-state index in [1.54, 1.807) is 6.20 Å². The van der Waals surface area contributed by atoms with Crippen molar-refractivity contribution < 1.29 is 9.47 Å². The van der Waals surface area contributed by atoms with Crippen LogP contribution in [0, 0.1) is 0 Å². The Morgan fingerprint density at radius 1 is 1.23 bits per heavy atom. The third-order valence-corrected chi connectivity index (χ3v) is 3.73. The fourth-order valence-corrected chi connectivity index (χ4v) is 2.55. The predicted molar refractivity (Wildman–Crippen MR) is 87.0 cm³/mol. The highest BCUT2D eigenvalue weighted by atomic mass is 16.5. The first-order valence-corrected chi connectivity index (χ1v) is 7.87. The first kappa shape index (κ1) is 15.0. The van der Waals surface area contributed by atoms with Crippen molar-refractivity contribution in [3.05, 3.63) is 48.3 Å². The maximum absolute atomic E-state index is 5.78. The first-order valence-electron chi connectivity index (χ1n) is 7.87. The van der Waals surface area contributed by atoms with Crippen molar-refractivity contribution in [1.29, 1.82) is 0 Å². The molecule has 1 fully saturated rings. The number of aromatic nitrogens is 1. The van der Waals surface area contributed by atoms with E-state index in [9.17, 15) is 0 Å². The van der Waals surface area contributed by atoms with Crippen molar-refractivity contribution in [2.75, 3.05) is 26.3 Å². The van der Waals surface area contributed by atoms with Crippen LogP contribution >= 0.6 is 0 Å². The number of hydrogen-bond acceptors (Lipinski definition) is 4. The van der Waals surface area contributed by atoms with Gasteiger partial charge in [-0.1, -0.05) is 31.2 Å². The van der Waals surface area contributed by atoms with E-state index in [0.717, 1.165) is 49.6 Å². The molecule has 2 aromatic rings. The Bertz CT molecular complexity index is 592. The third-order valence-electron chi connectivity index (χ3n) is 3.73. The first-order chi connectivity index (χ1) is 10.9. The van der Waals surface area contributed by atoms with Gasteiger partial charge in [-0.05, 0) is 23.6 Å². The molecule has 0 saturated carbocycles. The Kier molecular flexibility index (Phi) is 5.03. The highest BCUT2D eigenvalue weighted by Gasteiger charge is 2.15. The lowest BCUT2D eigenvalue weighted by Crippen LogP contribution is -2.33. The number of pyridine rings is 1. The Hall–Kier alpha value is -1.91. The summed E-state index contributed by atoms with van der Waals surface area (Å²) in [7, 11) is 0. The average molecular weight is 298 g/mol. The van der Waals surface area contributed by atoms with Gasteiger partial charge in [0.1, 0.15) is 5.75 Å². The number of nitrogens with one attached hydrogen (secondary N) is 1. The van der Waals surface area contributed by atoms with Crippen LogP contribution in [0.1, 0.15) is 25.0 Å². The lowest BCUT2D eigenvalue weighted by Gasteiger charge is -2.24. The summed E-state index contributed by atoms with van der Waals surface area (Å²) in [4.78, 5) is 4.27. The Labute approximate surface area is 131 Å². The molecular formula is C18H22N2O2. The van der Waals surface area contributed by atoms with Crippen molar-refractivity contribution in [2.45, 2.75) is 19.4 Å². The van der Waals surface area contributed by atoms with Crippen LogP contribution in [0.25, 0.3) is 11.1 Å². The van der Waals surface area contributed by atoms with Gasteiger partial charge < -0.3 is 14.8 Å².